The molecule has 0 spiro atoms. The molecule has 0 bridgehead atoms. The van der Waals surface area contributed by atoms with Crippen LogP contribution in [0.3, 0.4) is 0 Å². The molecule has 3 saturated heterocycles. The Labute approximate surface area is 300 Å². The maximum atomic E-state index is 11.3. The van der Waals surface area contributed by atoms with Gasteiger partial charge in [0.15, 0.2) is 18.9 Å². The number of rotatable bonds is 15. The third-order valence-corrected chi connectivity index (χ3v) is 10.2. The van der Waals surface area contributed by atoms with Crippen LogP contribution in [0.25, 0.3) is 0 Å². The van der Waals surface area contributed by atoms with Crippen molar-refractivity contribution >= 4 is 5.91 Å². The number of nitrogens with one attached hydrogen (secondary N) is 1. The number of hydrogen-bond donors (Lipinski definition) is 13. The minimum absolute atomic E-state index is 0.0575. The third kappa shape index (κ3) is 9.92. The van der Waals surface area contributed by atoms with Crippen LogP contribution in [0.4, 0.5) is 0 Å². The summed E-state index contributed by atoms with van der Waals surface area (Å²) in [5.74, 6) is 3.86. The zero-order chi connectivity index (χ0) is 38.4. The van der Waals surface area contributed by atoms with Crippen molar-refractivity contribution in [2.75, 3.05) is 19.8 Å². The van der Waals surface area contributed by atoms with E-state index < -0.39 is 136 Å². The molecule has 1 aliphatic carbocycles. The normalized spacial score (nSPS) is 47.3. The molecule has 21 nitrogen and oxygen atoms in total. The van der Waals surface area contributed by atoms with Gasteiger partial charge in [0.05, 0.1) is 37.1 Å². The van der Waals surface area contributed by atoms with Crippen molar-refractivity contribution in [2.45, 2.75) is 162 Å². The average molecular weight is 760 g/mol. The van der Waals surface area contributed by atoms with E-state index in [2.05, 4.69) is 5.43 Å². The predicted octanol–water partition coefficient (Wildman–Crippen LogP) is -6.49. The minimum atomic E-state index is -1.85. The van der Waals surface area contributed by atoms with Gasteiger partial charge in [-0.05, 0) is 33.1 Å². The molecule has 52 heavy (non-hydrogen) atoms. The van der Waals surface area contributed by atoms with E-state index in [-0.39, 0.29) is 25.4 Å². The summed E-state index contributed by atoms with van der Waals surface area (Å²) in [6.07, 6.45) is -24.5. The van der Waals surface area contributed by atoms with Gasteiger partial charge in [-0.25, -0.2) is 5.84 Å². The van der Waals surface area contributed by atoms with Gasteiger partial charge < -0.3 is 90.0 Å². The fourth-order valence-electron chi connectivity index (χ4n) is 6.88. The van der Waals surface area contributed by atoms with Crippen LogP contribution < -0.4 is 17.0 Å². The van der Waals surface area contributed by atoms with Crippen molar-refractivity contribution < 1.29 is 89.0 Å². The first-order chi connectivity index (χ1) is 24.6. The van der Waals surface area contributed by atoms with E-state index in [1.54, 1.807) is 6.92 Å². The lowest BCUT2D eigenvalue weighted by Gasteiger charge is -2.50. The van der Waals surface area contributed by atoms with Crippen molar-refractivity contribution in [3.8, 4) is 0 Å². The highest BCUT2D eigenvalue weighted by atomic mass is 16.8. The lowest BCUT2D eigenvalue weighted by atomic mass is 9.79. The zero-order valence-corrected chi connectivity index (χ0v) is 29.1. The quantitative estimate of drug-likeness (QED) is 0.0319. The number of ether oxygens (including phenoxy) is 7. The zero-order valence-electron chi connectivity index (χ0n) is 29.1. The van der Waals surface area contributed by atoms with E-state index in [1.807, 2.05) is 0 Å². The van der Waals surface area contributed by atoms with Gasteiger partial charge >= 0.3 is 0 Å². The van der Waals surface area contributed by atoms with Gasteiger partial charge in [-0.3, -0.25) is 10.2 Å². The molecule has 4 rings (SSSR count). The molecule has 0 aromatic heterocycles. The van der Waals surface area contributed by atoms with Crippen LogP contribution in [0, 0.1) is 5.92 Å². The van der Waals surface area contributed by atoms with Gasteiger partial charge in [-0.2, -0.15) is 0 Å². The first-order valence-corrected chi connectivity index (χ1v) is 17.6. The first-order valence-electron chi connectivity index (χ1n) is 17.6. The van der Waals surface area contributed by atoms with E-state index in [0.717, 1.165) is 0 Å². The van der Waals surface area contributed by atoms with Crippen LogP contribution in [0.5, 0.6) is 0 Å². The van der Waals surface area contributed by atoms with Crippen molar-refractivity contribution in [1.82, 2.24) is 5.43 Å². The molecule has 4 fully saturated rings. The lowest BCUT2D eigenvalue weighted by Crippen LogP contribution is -2.67. The fourth-order valence-corrected chi connectivity index (χ4v) is 6.88. The van der Waals surface area contributed by atoms with E-state index >= 15 is 0 Å². The predicted molar refractivity (Wildman–Crippen MR) is 171 cm³/mol. The molecule has 0 aromatic carbocycles. The highest BCUT2D eigenvalue weighted by Crippen LogP contribution is 2.36. The maximum Gasteiger partial charge on any atom is 0.233 e. The van der Waals surface area contributed by atoms with Crippen LogP contribution >= 0.6 is 0 Å². The topological polar surface area (TPSA) is 348 Å². The summed E-state index contributed by atoms with van der Waals surface area (Å²) < 4.78 is 40.6. The van der Waals surface area contributed by atoms with E-state index in [0.29, 0.717) is 19.3 Å². The molecule has 20 atom stereocenters. The lowest BCUT2D eigenvalue weighted by molar-refractivity contribution is -0.375. The van der Waals surface area contributed by atoms with Crippen molar-refractivity contribution in [3.63, 3.8) is 0 Å². The molecule has 1 saturated carbocycles. The van der Waals surface area contributed by atoms with Gasteiger partial charge in [0.1, 0.15) is 67.1 Å². The highest BCUT2D eigenvalue weighted by Gasteiger charge is 2.54. The van der Waals surface area contributed by atoms with Crippen molar-refractivity contribution in [2.24, 2.45) is 17.5 Å². The summed E-state index contributed by atoms with van der Waals surface area (Å²) in [7, 11) is 0. The molecule has 3 heterocycles. The van der Waals surface area contributed by atoms with Gasteiger partial charge in [0.2, 0.25) is 5.91 Å². The SMILES string of the molecule is CC1O[C@@H](OC2C(O)[C@@H](O)C(CO)O[C@@H]2OC2C(N)[C@@H](OC3C(O)[C@H](OCCCCCC(=O)NN)OC(C)[C@@H]3O)CC(CO)[C@H]2O)C(O)C(O)[C@H]1O. The largest absolute Gasteiger partial charge is 0.396 e. The summed E-state index contributed by atoms with van der Waals surface area (Å²) in [5, 5.41) is 106. The molecule has 0 aromatic rings. The first kappa shape index (κ1) is 43.4. The fraction of sp³-hybridized carbons (Fsp3) is 0.968. The molecule has 304 valence electrons. The highest BCUT2D eigenvalue weighted by molar-refractivity contribution is 5.75. The van der Waals surface area contributed by atoms with Crippen molar-refractivity contribution in [3.05, 3.63) is 0 Å². The number of hydrazine groups is 1. The molecular weight excluding hydrogens is 702 g/mol. The number of nitrogens with two attached hydrogens (primary N) is 2. The Bertz CT molecular complexity index is 1100. The van der Waals surface area contributed by atoms with Crippen LogP contribution in [0.2, 0.25) is 0 Å². The summed E-state index contributed by atoms with van der Waals surface area (Å²) in [5.41, 5.74) is 8.63. The summed E-state index contributed by atoms with van der Waals surface area (Å²) in [6, 6.07) is -1.25. The van der Waals surface area contributed by atoms with E-state index in [1.165, 1.54) is 6.92 Å². The third-order valence-electron chi connectivity index (χ3n) is 10.2. The Balaban J connectivity index is 1.48. The van der Waals surface area contributed by atoms with Gasteiger partial charge in [-0.1, -0.05) is 6.42 Å². The van der Waals surface area contributed by atoms with Gasteiger partial charge in [-0.15, -0.1) is 0 Å². The summed E-state index contributed by atoms with van der Waals surface area (Å²) >= 11 is 0. The Hall–Kier alpha value is -1.29. The molecular formula is C31H57N3O18. The van der Waals surface area contributed by atoms with Crippen LogP contribution in [-0.4, -0.2) is 193 Å². The Morgan fingerprint density at radius 1 is 0.673 bits per heavy atom. The smallest absolute Gasteiger partial charge is 0.233 e. The Kier molecular flexibility index (Phi) is 16.3. The molecule has 15 N–H and O–H groups in total. The molecule has 3 aliphatic heterocycles. The maximum absolute atomic E-state index is 11.3. The monoisotopic (exact) mass is 759 g/mol. The van der Waals surface area contributed by atoms with Crippen molar-refractivity contribution in [1.29, 1.82) is 0 Å². The number of amides is 1. The minimum Gasteiger partial charge on any atom is -0.396 e. The number of aliphatic hydroxyl groups is 10. The Morgan fingerprint density at radius 3 is 1.98 bits per heavy atom. The molecule has 21 heteroatoms. The van der Waals surface area contributed by atoms with E-state index in [9.17, 15) is 55.9 Å². The second-order valence-electron chi connectivity index (χ2n) is 13.9. The second kappa shape index (κ2) is 19.5. The van der Waals surface area contributed by atoms with Gasteiger partial charge in [0.25, 0.3) is 0 Å². The van der Waals surface area contributed by atoms with Crippen LogP contribution in [-0.2, 0) is 38.0 Å². The number of carbonyl (C=O) groups is 1. The summed E-state index contributed by atoms with van der Waals surface area (Å²) in [6.45, 7) is 1.74. The van der Waals surface area contributed by atoms with Crippen LogP contribution in [0.15, 0.2) is 0 Å². The molecule has 4 aliphatic rings. The number of hydrogen-bond acceptors (Lipinski definition) is 20. The Morgan fingerprint density at radius 2 is 1.33 bits per heavy atom. The number of aliphatic hydroxyl groups excluding tert-OH is 10. The van der Waals surface area contributed by atoms with E-state index in [4.69, 9.17) is 44.7 Å². The molecule has 1 amide bonds. The average Bonchev–Trinajstić information content (AvgIpc) is 3.13. The number of carbonyl (C=O) groups excluding carboxylic acids is 1. The van der Waals surface area contributed by atoms with Crippen LogP contribution in [0.1, 0.15) is 46.0 Å². The van der Waals surface area contributed by atoms with Gasteiger partial charge in [0, 0.05) is 25.6 Å². The summed E-state index contributed by atoms with van der Waals surface area (Å²) in [4.78, 5) is 11.3. The number of unbranched alkanes of at least 4 members (excludes halogenated alkanes) is 2. The molecule has 12 unspecified atom stereocenters. The second-order valence-corrected chi connectivity index (χ2v) is 13.9. The standard InChI is InChI=1S/C31H57N3O18/c1-11-18(38)22(42)24(44)30(48-11)52-28-23(43)21(41)15(10-36)50-31(28)51-26-17(32)14(8-13(9-35)20(26)40)49-27-19(39)12(2)47-29(25(27)45)46-7-5-3-4-6-16(37)34-33/h11-15,17-31,35-36,38-45H,3-10,32-33H2,1-2H3,(H,34,37)/t11?,12?,13?,14-,15?,17?,18-,19-,20+,21-,22?,23?,24?,25?,26?,27?,28?,29+,30-,31+/m0/s1. The molecule has 0 radical (unpaired) electrons.